The Morgan fingerprint density at radius 2 is 1.84 bits per heavy atom. The Balaban J connectivity index is 1.58. The zero-order valence-corrected chi connectivity index (χ0v) is 18.3. The summed E-state index contributed by atoms with van der Waals surface area (Å²) in [6.45, 7) is 0.384. The van der Waals surface area contributed by atoms with Crippen molar-refractivity contribution >= 4 is 34.3 Å². The van der Waals surface area contributed by atoms with Crippen LogP contribution in [-0.4, -0.2) is 24.2 Å². The van der Waals surface area contributed by atoms with Crippen LogP contribution in [0.3, 0.4) is 0 Å². The Hall–Kier alpha value is -3.95. The number of aromatic nitrogens is 2. The van der Waals surface area contributed by atoms with Crippen molar-refractivity contribution in [3.8, 4) is 23.3 Å². The van der Waals surface area contributed by atoms with Crippen molar-refractivity contribution in [1.82, 2.24) is 9.97 Å². The molecular formula is C25H20ClN3O3. The molecule has 0 bridgehead atoms. The Kier molecular flexibility index (Phi) is 6.29. The molecule has 160 valence electrons. The van der Waals surface area contributed by atoms with E-state index in [1.54, 1.807) is 20.3 Å². The van der Waals surface area contributed by atoms with E-state index in [0.29, 0.717) is 40.3 Å². The third-order valence-electron chi connectivity index (χ3n) is 4.87. The van der Waals surface area contributed by atoms with Gasteiger partial charge in [-0.1, -0.05) is 29.8 Å². The van der Waals surface area contributed by atoms with Gasteiger partial charge in [0, 0.05) is 11.1 Å². The van der Waals surface area contributed by atoms with Crippen LogP contribution in [0, 0.1) is 11.3 Å². The van der Waals surface area contributed by atoms with Gasteiger partial charge in [0.2, 0.25) is 0 Å². The van der Waals surface area contributed by atoms with Crippen molar-refractivity contribution in [3.63, 3.8) is 0 Å². The first-order valence-corrected chi connectivity index (χ1v) is 10.2. The van der Waals surface area contributed by atoms with Crippen LogP contribution in [0.4, 0.5) is 0 Å². The highest BCUT2D eigenvalue weighted by Crippen LogP contribution is 2.31. The summed E-state index contributed by atoms with van der Waals surface area (Å²) in [5, 5.41) is 10.4. The maximum Gasteiger partial charge on any atom is 0.161 e. The van der Waals surface area contributed by atoms with Crippen LogP contribution >= 0.6 is 11.6 Å². The lowest BCUT2D eigenvalue weighted by atomic mass is 10.1. The number of ether oxygens (including phenoxy) is 3. The van der Waals surface area contributed by atoms with Gasteiger partial charge in [-0.05, 0) is 53.6 Å². The van der Waals surface area contributed by atoms with Crippen LogP contribution in [0.5, 0.6) is 17.2 Å². The van der Waals surface area contributed by atoms with Crippen LogP contribution in [0.2, 0.25) is 5.02 Å². The number of imidazole rings is 1. The van der Waals surface area contributed by atoms with Crippen molar-refractivity contribution in [2.45, 2.75) is 6.61 Å². The average molecular weight is 446 g/mol. The Morgan fingerprint density at radius 1 is 1.03 bits per heavy atom. The van der Waals surface area contributed by atoms with Gasteiger partial charge in [-0.3, -0.25) is 0 Å². The number of halogens is 1. The topological polar surface area (TPSA) is 80.2 Å². The van der Waals surface area contributed by atoms with Crippen molar-refractivity contribution in [3.05, 3.63) is 82.6 Å². The molecule has 0 saturated carbocycles. The highest BCUT2D eigenvalue weighted by Gasteiger charge is 2.11. The summed E-state index contributed by atoms with van der Waals surface area (Å²) >= 11 is 5.93. The van der Waals surface area contributed by atoms with Crippen LogP contribution in [0.1, 0.15) is 17.0 Å². The summed E-state index contributed by atoms with van der Waals surface area (Å²) in [4.78, 5) is 7.69. The first-order valence-electron chi connectivity index (χ1n) is 9.81. The number of aromatic amines is 1. The zero-order chi connectivity index (χ0) is 22.5. The number of H-pyrrole nitrogens is 1. The number of nitriles is 1. The number of benzene rings is 3. The molecular weight excluding hydrogens is 426 g/mol. The summed E-state index contributed by atoms with van der Waals surface area (Å²) in [6.07, 6.45) is 1.75. The van der Waals surface area contributed by atoms with E-state index in [1.807, 2.05) is 60.7 Å². The van der Waals surface area contributed by atoms with E-state index >= 15 is 0 Å². The number of methoxy groups -OCH3 is 2. The van der Waals surface area contributed by atoms with E-state index in [2.05, 4.69) is 16.0 Å². The average Bonchev–Trinajstić information content (AvgIpc) is 3.25. The first kappa shape index (κ1) is 21.3. The Bertz CT molecular complexity index is 1320. The molecule has 3 aromatic carbocycles. The van der Waals surface area contributed by atoms with Crippen LogP contribution in [0.15, 0.2) is 60.7 Å². The summed E-state index contributed by atoms with van der Waals surface area (Å²) in [5.41, 5.74) is 3.73. The summed E-state index contributed by atoms with van der Waals surface area (Å²) in [5.74, 6) is 2.38. The number of hydrogen-bond donors (Lipinski definition) is 1. The number of nitrogens with zero attached hydrogens (tertiary/aromatic N) is 2. The van der Waals surface area contributed by atoms with E-state index in [9.17, 15) is 5.26 Å². The molecule has 32 heavy (non-hydrogen) atoms. The standard InChI is InChI=1S/C25H20ClN3O3/c1-30-20-8-9-21-22(13-20)29-25(28-21)18(14-27)11-17-5-10-23(24(12-17)31-2)32-15-16-3-6-19(26)7-4-16/h3-13H,15H2,1-2H3,(H,28,29)/b18-11-. The van der Waals surface area contributed by atoms with E-state index in [-0.39, 0.29) is 0 Å². The molecule has 0 fully saturated rings. The molecule has 1 aromatic heterocycles. The van der Waals surface area contributed by atoms with Crippen LogP contribution in [-0.2, 0) is 6.61 Å². The molecule has 0 radical (unpaired) electrons. The maximum atomic E-state index is 9.71. The minimum atomic E-state index is 0.384. The molecule has 0 unspecified atom stereocenters. The second kappa shape index (κ2) is 9.46. The summed E-state index contributed by atoms with van der Waals surface area (Å²) < 4.78 is 16.6. The van der Waals surface area contributed by atoms with Crippen LogP contribution in [0.25, 0.3) is 22.7 Å². The zero-order valence-electron chi connectivity index (χ0n) is 17.6. The molecule has 7 heteroatoms. The fourth-order valence-corrected chi connectivity index (χ4v) is 3.32. The fraction of sp³-hybridized carbons (Fsp3) is 0.120. The Labute approximate surface area is 190 Å². The molecule has 1 heterocycles. The normalized spacial score (nSPS) is 11.2. The minimum absolute atomic E-state index is 0.384. The number of fused-ring (bicyclic) bond motifs is 1. The highest BCUT2D eigenvalue weighted by molar-refractivity contribution is 6.30. The molecule has 4 aromatic rings. The lowest BCUT2D eigenvalue weighted by Crippen LogP contribution is -1.98. The van der Waals surface area contributed by atoms with Crippen molar-refractivity contribution < 1.29 is 14.2 Å². The fourth-order valence-electron chi connectivity index (χ4n) is 3.20. The van der Waals surface area contributed by atoms with Gasteiger partial charge in [-0.2, -0.15) is 5.26 Å². The smallest absolute Gasteiger partial charge is 0.161 e. The quantitative estimate of drug-likeness (QED) is 0.359. The second-order valence-electron chi connectivity index (χ2n) is 6.96. The van der Waals surface area contributed by atoms with Gasteiger partial charge in [0.05, 0.1) is 30.8 Å². The van der Waals surface area contributed by atoms with Gasteiger partial charge < -0.3 is 19.2 Å². The van der Waals surface area contributed by atoms with E-state index in [1.165, 1.54) is 0 Å². The number of hydrogen-bond acceptors (Lipinski definition) is 5. The van der Waals surface area contributed by atoms with Crippen molar-refractivity contribution in [1.29, 1.82) is 5.26 Å². The number of nitrogens with one attached hydrogen (secondary N) is 1. The largest absolute Gasteiger partial charge is 0.497 e. The SMILES string of the molecule is COc1ccc2nc(/C(C#N)=C\c3ccc(OCc4ccc(Cl)cc4)c(OC)c3)[nH]c2c1. The molecule has 0 aliphatic rings. The molecule has 0 aliphatic heterocycles. The molecule has 0 aliphatic carbocycles. The molecule has 0 saturated heterocycles. The lowest BCUT2D eigenvalue weighted by Gasteiger charge is -2.11. The van der Waals surface area contributed by atoms with Crippen molar-refractivity contribution in [2.24, 2.45) is 0 Å². The molecule has 1 N–H and O–H groups in total. The predicted octanol–water partition coefficient (Wildman–Crippen LogP) is 5.88. The lowest BCUT2D eigenvalue weighted by molar-refractivity contribution is 0.284. The second-order valence-corrected chi connectivity index (χ2v) is 7.40. The minimum Gasteiger partial charge on any atom is -0.497 e. The summed E-state index contributed by atoms with van der Waals surface area (Å²) in [7, 11) is 3.19. The molecule has 0 amide bonds. The molecule has 0 atom stereocenters. The first-order chi connectivity index (χ1) is 15.6. The molecule has 4 rings (SSSR count). The third kappa shape index (κ3) is 4.69. The maximum absolute atomic E-state index is 9.71. The van der Waals surface area contributed by atoms with Gasteiger partial charge in [0.25, 0.3) is 0 Å². The van der Waals surface area contributed by atoms with Gasteiger partial charge in [0.15, 0.2) is 11.5 Å². The van der Waals surface area contributed by atoms with Crippen molar-refractivity contribution in [2.75, 3.05) is 14.2 Å². The van der Waals surface area contributed by atoms with Gasteiger partial charge in [0.1, 0.15) is 24.3 Å². The number of allylic oxidation sites excluding steroid dienone is 1. The molecule has 0 spiro atoms. The van der Waals surface area contributed by atoms with Crippen LogP contribution < -0.4 is 14.2 Å². The molecule has 6 nitrogen and oxygen atoms in total. The van der Waals surface area contributed by atoms with Gasteiger partial charge >= 0.3 is 0 Å². The predicted molar refractivity (Wildman–Crippen MR) is 125 cm³/mol. The van der Waals surface area contributed by atoms with Gasteiger partial charge in [-0.15, -0.1) is 0 Å². The Morgan fingerprint density at radius 3 is 2.56 bits per heavy atom. The monoisotopic (exact) mass is 445 g/mol. The highest BCUT2D eigenvalue weighted by atomic mass is 35.5. The van der Waals surface area contributed by atoms with E-state index < -0.39 is 0 Å². The van der Waals surface area contributed by atoms with E-state index in [0.717, 1.165) is 22.2 Å². The number of rotatable bonds is 7. The van der Waals surface area contributed by atoms with Gasteiger partial charge in [-0.25, -0.2) is 4.98 Å². The third-order valence-corrected chi connectivity index (χ3v) is 5.12. The van der Waals surface area contributed by atoms with E-state index in [4.69, 9.17) is 25.8 Å². The summed E-state index contributed by atoms with van der Waals surface area (Å²) in [6, 6.07) is 20.7.